The fourth-order valence-corrected chi connectivity index (χ4v) is 2.65. The summed E-state index contributed by atoms with van der Waals surface area (Å²) in [5, 5.41) is 10.0. The number of benzene rings is 1. The molecule has 0 aromatic heterocycles. The Morgan fingerprint density at radius 1 is 1.31 bits per heavy atom. The van der Waals surface area contributed by atoms with Gasteiger partial charge in [-0.3, -0.25) is 4.79 Å². The molecular formula is C13H9ClO2. The minimum Gasteiger partial charge on any atom is -0.381 e. The smallest absolute Gasteiger partial charge is 0.192 e. The molecule has 2 aliphatic carbocycles. The maximum atomic E-state index is 11.8. The molecule has 0 amide bonds. The monoisotopic (exact) mass is 232 g/mol. The summed E-state index contributed by atoms with van der Waals surface area (Å²) in [6.07, 6.45) is 0.900. The number of halogens is 1. The van der Waals surface area contributed by atoms with Crippen molar-refractivity contribution in [3.05, 3.63) is 52.1 Å². The van der Waals surface area contributed by atoms with Crippen LogP contribution in [0.3, 0.4) is 0 Å². The van der Waals surface area contributed by atoms with Gasteiger partial charge in [0.05, 0.1) is 0 Å². The summed E-state index contributed by atoms with van der Waals surface area (Å²) in [6.45, 7) is 0. The number of carbonyl (C=O) groups excluding carboxylic acids is 1. The van der Waals surface area contributed by atoms with E-state index in [0.29, 0.717) is 17.0 Å². The maximum Gasteiger partial charge on any atom is 0.192 e. The zero-order valence-corrected chi connectivity index (χ0v) is 9.16. The molecule has 0 bridgehead atoms. The number of fused-ring (bicyclic) bond motifs is 2. The van der Waals surface area contributed by atoms with Crippen molar-refractivity contribution in [3.63, 3.8) is 0 Å². The van der Waals surface area contributed by atoms with Gasteiger partial charge in [0.25, 0.3) is 0 Å². The zero-order chi connectivity index (χ0) is 11.3. The SMILES string of the molecule is O=C1C2=C(C(Cl)=CC1O)c1ccccc1C2. The normalized spacial score (nSPS) is 23.0. The van der Waals surface area contributed by atoms with E-state index < -0.39 is 6.10 Å². The standard InChI is InChI=1S/C13H9ClO2/c14-10-6-11(15)13(16)9-5-7-3-1-2-4-8(7)12(9)10/h1-4,6,11,15H,5H2. The third kappa shape index (κ3) is 1.20. The first-order chi connectivity index (χ1) is 7.68. The lowest BCUT2D eigenvalue weighted by atomic mass is 9.95. The quantitative estimate of drug-likeness (QED) is 0.744. The van der Waals surface area contributed by atoms with Gasteiger partial charge in [0, 0.05) is 22.6 Å². The van der Waals surface area contributed by atoms with Crippen LogP contribution in [0, 0.1) is 0 Å². The van der Waals surface area contributed by atoms with E-state index in [-0.39, 0.29) is 5.78 Å². The number of carbonyl (C=O) groups is 1. The Labute approximate surface area is 97.9 Å². The molecule has 0 spiro atoms. The second-order valence-electron chi connectivity index (χ2n) is 4.01. The molecule has 1 aromatic carbocycles. The van der Waals surface area contributed by atoms with Crippen LogP contribution in [0.5, 0.6) is 0 Å². The van der Waals surface area contributed by atoms with E-state index in [4.69, 9.17) is 11.6 Å². The summed E-state index contributed by atoms with van der Waals surface area (Å²) in [6, 6.07) is 7.81. The van der Waals surface area contributed by atoms with Crippen molar-refractivity contribution >= 4 is 23.0 Å². The molecule has 80 valence electrons. The van der Waals surface area contributed by atoms with Gasteiger partial charge in [-0.1, -0.05) is 35.9 Å². The van der Waals surface area contributed by atoms with Crippen LogP contribution in [0.4, 0.5) is 0 Å². The molecule has 0 saturated heterocycles. The highest BCUT2D eigenvalue weighted by Crippen LogP contribution is 2.42. The second-order valence-corrected chi connectivity index (χ2v) is 4.42. The van der Waals surface area contributed by atoms with Gasteiger partial charge in [-0.15, -0.1) is 0 Å². The van der Waals surface area contributed by atoms with Crippen molar-refractivity contribution in [2.45, 2.75) is 12.5 Å². The number of allylic oxidation sites excluding steroid dienone is 2. The first-order valence-electron chi connectivity index (χ1n) is 5.10. The number of hydrogen-bond acceptors (Lipinski definition) is 2. The van der Waals surface area contributed by atoms with E-state index in [0.717, 1.165) is 16.7 Å². The molecule has 16 heavy (non-hydrogen) atoms. The Kier molecular flexibility index (Phi) is 2.03. The minimum absolute atomic E-state index is 0.226. The molecule has 0 radical (unpaired) electrons. The Balaban J connectivity index is 2.22. The predicted octanol–water partition coefficient (Wildman–Crippen LogP) is 2.06. The predicted molar refractivity (Wildman–Crippen MR) is 62.0 cm³/mol. The molecule has 1 N–H and O–H groups in total. The van der Waals surface area contributed by atoms with Crippen LogP contribution in [0.15, 0.2) is 40.9 Å². The van der Waals surface area contributed by atoms with Crippen LogP contribution < -0.4 is 0 Å². The van der Waals surface area contributed by atoms with Crippen molar-refractivity contribution in [1.82, 2.24) is 0 Å². The van der Waals surface area contributed by atoms with Gasteiger partial charge in [-0.25, -0.2) is 0 Å². The molecular weight excluding hydrogens is 224 g/mol. The topological polar surface area (TPSA) is 37.3 Å². The second kappa shape index (κ2) is 3.30. The molecule has 2 nitrogen and oxygen atoms in total. The van der Waals surface area contributed by atoms with Gasteiger partial charge < -0.3 is 5.11 Å². The van der Waals surface area contributed by atoms with Crippen LogP contribution in [0.25, 0.3) is 5.57 Å². The molecule has 0 saturated carbocycles. The largest absolute Gasteiger partial charge is 0.381 e. The fourth-order valence-electron chi connectivity index (χ4n) is 2.32. The van der Waals surface area contributed by atoms with Crippen LogP contribution in [0.1, 0.15) is 11.1 Å². The summed E-state index contributed by atoms with van der Waals surface area (Å²) >= 11 is 6.10. The van der Waals surface area contributed by atoms with E-state index >= 15 is 0 Å². The Morgan fingerprint density at radius 2 is 2.06 bits per heavy atom. The van der Waals surface area contributed by atoms with Crippen LogP contribution in [-0.2, 0) is 11.2 Å². The molecule has 0 fully saturated rings. The van der Waals surface area contributed by atoms with Crippen LogP contribution in [0.2, 0.25) is 0 Å². The number of hydrogen-bond donors (Lipinski definition) is 1. The zero-order valence-electron chi connectivity index (χ0n) is 8.40. The average Bonchev–Trinajstić information content (AvgIpc) is 2.65. The lowest BCUT2D eigenvalue weighted by Crippen LogP contribution is -2.23. The molecule has 0 heterocycles. The van der Waals surface area contributed by atoms with Gasteiger partial charge in [0.2, 0.25) is 0 Å². The summed E-state index contributed by atoms with van der Waals surface area (Å²) < 4.78 is 0. The molecule has 1 unspecified atom stereocenters. The van der Waals surface area contributed by atoms with Crippen molar-refractivity contribution < 1.29 is 9.90 Å². The number of aliphatic hydroxyl groups excluding tert-OH is 1. The van der Waals surface area contributed by atoms with Gasteiger partial charge >= 0.3 is 0 Å². The van der Waals surface area contributed by atoms with Crippen molar-refractivity contribution in [2.24, 2.45) is 0 Å². The summed E-state index contributed by atoms with van der Waals surface area (Å²) in [5.74, 6) is -0.226. The number of Topliss-reactive ketones (excluding diaryl/α,β-unsaturated/α-hetero) is 1. The van der Waals surface area contributed by atoms with Gasteiger partial charge in [-0.2, -0.15) is 0 Å². The molecule has 2 aliphatic rings. The first-order valence-corrected chi connectivity index (χ1v) is 5.47. The highest BCUT2D eigenvalue weighted by atomic mass is 35.5. The van der Waals surface area contributed by atoms with E-state index in [1.807, 2.05) is 24.3 Å². The average molecular weight is 233 g/mol. The van der Waals surface area contributed by atoms with Crippen LogP contribution >= 0.6 is 11.6 Å². The highest BCUT2D eigenvalue weighted by molar-refractivity contribution is 6.40. The lowest BCUT2D eigenvalue weighted by molar-refractivity contribution is -0.121. The van der Waals surface area contributed by atoms with Crippen molar-refractivity contribution in [3.8, 4) is 0 Å². The van der Waals surface area contributed by atoms with E-state index in [9.17, 15) is 9.90 Å². The lowest BCUT2D eigenvalue weighted by Gasteiger charge is -2.15. The van der Waals surface area contributed by atoms with E-state index in [1.165, 1.54) is 6.08 Å². The van der Waals surface area contributed by atoms with E-state index in [2.05, 4.69) is 0 Å². The number of rotatable bonds is 0. The summed E-state index contributed by atoms with van der Waals surface area (Å²) in [4.78, 5) is 11.8. The first kappa shape index (κ1) is 9.82. The van der Waals surface area contributed by atoms with E-state index in [1.54, 1.807) is 0 Å². The maximum absolute atomic E-state index is 11.8. The van der Waals surface area contributed by atoms with Gasteiger partial charge in [-0.05, 0) is 17.2 Å². The Morgan fingerprint density at radius 3 is 2.88 bits per heavy atom. The van der Waals surface area contributed by atoms with Crippen LogP contribution in [-0.4, -0.2) is 17.0 Å². The third-order valence-electron chi connectivity index (χ3n) is 3.06. The molecule has 0 aliphatic heterocycles. The summed E-state index contributed by atoms with van der Waals surface area (Å²) in [5.41, 5.74) is 3.55. The van der Waals surface area contributed by atoms with Crippen molar-refractivity contribution in [1.29, 1.82) is 0 Å². The third-order valence-corrected chi connectivity index (χ3v) is 3.38. The number of aliphatic hydroxyl groups is 1. The van der Waals surface area contributed by atoms with Crippen molar-refractivity contribution in [2.75, 3.05) is 0 Å². The minimum atomic E-state index is -1.08. The number of ketones is 1. The molecule has 1 atom stereocenters. The summed E-state index contributed by atoms with van der Waals surface area (Å²) in [7, 11) is 0. The highest BCUT2D eigenvalue weighted by Gasteiger charge is 2.33. The van der Waals surface area contributed by atoms with Gasteiger partial charge in [0.15, 0.2) is 5.78 Å². The Bertz CT molecular complexity index is 555. The molecule has 3 rings (SSSR count). The fraction of sp³-hybridized carbons (Fsp3) is 0.154. The Hall–Kier alpha value is -1.38. The van der Waals surface area contributed by atoms with Gasteiger partial charge in [0.1, 0.15) is 6.10 Å². The molecule has 1 aromatic rings. The molecule has 3 heteroatoms.